The fraction of sp³-hybridized carbons (Fsp3) is 0.375. The molecule has 20 heavy (non-hydrogen) atoms. The van der Waals surface area contributed by atoms with Gasteiger partial charge in [0.15, 0.2) is 0 Å². The van der Waals surface area contributed by atoms with E-state index in [2.05, 4.69) is 16.4 Å². The molecular weight excluding hydrogens is 250 g/mol. The normalized spacial score (nSPS) is 23.9. The third-order valence-electron chi connectivity index (χ3n) is 4.43. The summed E-state index contributed by atoms with van der Waals surface area (Å²) in [5.74, 6) is 0. The number of aliphatic hydroxyl groups is 1. The van der Waals surface area contributed by atoms with Crippen LogP contribution in [-0.2, 0) is 0 Å². The van der Waals surface area contributed by atoms with Gasteiger partial charge in [0.2, 0.25) is 0 Å². The Bertz CT molecular complexity index is 702. The third kappa shape index (κ3) is 1.83. The van der Waals surface area contributed by atoms with E-state index in [0.717, 1.165) is 16.6 Å². The lowest BCUT2D eigenvalue weighted by Crippen LogP contribution is -2.57. The standard InChI is InChI=1S/C16H17N3O/c1-16(2)13(7-14(16)20)19-15-10(8-17)9-18-12-6-4-3-5-11(12)15/h3-6,9,13-14,20H,7H2,1-2H3,(H,18,19). The lowest BCUT2D eigenvalue weighted by Gasteiger charge is -2.50. The predicted octanol–water partition coefficient (Wildman–Crippen LogP) is 2.68. The van der Waals surface area contributed by atoms with Gasteiger partial charge >= 0.3 is 0 Å². The smallest absolute Gasteiger partial charge is 0.103 e. The molecule has 0 saturated heterocycles. The van der Waals surface area contributed by atoms with Gasteiger partial charge in [-0.2, -0.15) is 5.26 Å². The molecule has 1 saturated carbocycles. The zero-order valence-electron chi connectivity index (χ0n) is 11.6. The maximum absolute atomic E-state index is 9.85. The van der Waals surface area contributed by atoms with E-state index in [1.807, 2.05) is 38.1 Å². The molecule has 1 aromatic heterocycles. The fourth-order valence-electron chi connectivity index (χ4n) is 2.70. The van der Waals surface area contributed by atoms with Gasteiger partial charge in [-0.15, -0.1) is 0 Å². The molecule has 0 aliphatic heterocycles. The number of nitrogens with zero attached hydrogens (tertiary/aromatic N) is 2. The van der Waals surface area contributed by atoms with Gasteiger partial charge in [0.25, 0.3) is 0 Å². The summed E-state index contributed by atoms with van der Waals surface area (Å²) in [5, 5.41) is 23.5. The van der Waals surface area contributed by atoms with E-state index in [1.54, 1.807) is 6.20 Å². The zero-order chi connectivity index (χ0) is 14.3. The third-order valence-corrected chi connectivity index (χ3v) is 4.43. The second-order valence-corrected chi connectivity index (χ2v) is 5.95. The van der Waals surface area contributed by atoms with Gasteiger partial charge in [-0.1, -0.05) is 32.0 Å². The number of para-hydroxylation sites is 1. The van der Waals surface area contributed by atoms with Crippen molar-refractivity contribution in [3.05, 3.63) is 36.0 Å². The van der Waals surface area contributed by atoms with E-state index in [9.17, 15) is 10.4 Å². The highest BCUT2D eigenvalue weighted by molar-refractivity contribution is 5.94. The lowest BCUT2D eigenvalue weighted by atomic mass is 9.64. The fourth-order valence-corrected chi connectivity index (χ4v) is 2.70. The molecule has 2 unspecified atom stereocenters. The van der Waals surface area contributed by atoms with Crippen molar-refractivity contribution in [2.24, 2.45) is 5.41 Å². The van der Waals surface area contributed by atoms with E-state index >= 15 is 0 Å². The minimum atomic E-state index is -0.293. The van der Waals surface area contributed by atoms with E-state index in [0.29, 0.717) is 12.0 Å². The van der Waals surface area contributed by atoms with Gasteiger partial charge in [0.1, 0.15) is 6.07 Å². The van der Waals surface area contributed by atoms with Crippen molar-refractivity contribution in [1.82, 2.24) is 4.98 Å². The largest absolute Gasteiger partial charge is 0.392 e. The van der Waals surface area contributed by atoms with Crippen molar-refractivity contribution < 1.29 is 5.11 Å². The lowest BCUT2D eigenvalue weighted by molar-refractivity contribution is -0.0510. The first kappa shape index (κ1) is 12.9. The van der Waals surface area contributed by atoms with Gasteiger partial charge < -0.3 is 10.4 Å². The number of nitriles is 1. The molecule has 102 valence electrons. The Labute approximate surface area is 118 Å². The van der Waals surface area contributed by atoms with Gasteiger partial charge in [-0.25, -0.2) is 0 Å². The Hall–Kier alpha value is -2.12. The van der Waals surface area contributed by atoms with Crippen molar-refractivity contribution in [2.45, 2.75) is 32.4 Å². The Kier molecular flexibility index (Phi) is 2.88. The summed E-state index contributed by atoms with van der Waals surface area (Å²) in [5.41, 5.74) is 2.05. The average Bonchev–Trinajstić information content (AvgIpc) is 2.47. The molecule has 4 heteroatoms. The Morgan fingerprint density at radius 2 is 2.15 bits per heavy atom. The molecule has 4 nitrogen and oxygen atoms in total. The molecule has 3 rings (SSSR count). The van der Waals surface area contributed by atoms with Crippen LogP contribution in [0.2, 0.25) is 0 Å². The maximum Gasteiger partial charge on any atom is 0.103 e. The second kappa shape index (κ2) is 4.46. The molecule has 1 fully saturated rings. The summed E-state index contributed by atoms with van der Waals surface area (Å²) in [6.45, 7) is 4.07. The van der Waals surface area contributed by atoms with Crippen LogP contribution in [0, 0.1) is 16.7 Å². The van der Waals surface area contributed by atoms with Gasteiger partial charge in [-0.3, -0.25) is 4.98 Å². The van der Waals surface area contributed by atoms with E-state index < -0.39 is 0 Å². The first-order valence-corrected chi connectivity index (χ1v) is 6.76. The van der Waals surface area contributed by atoms with Gasteiger partial charge in [0.05, 0.1) is 22.9 Å². The van der Waals surface area contributed by atoms with Gasteiger partial charge in [-0.05, 0) is 12.5 Å². The van der Waals surface area contributed by atoms with Crippen LogP contribution in [0.4, 0.5) is 5.69 Å². The Morgan fingerprint density at radius 3 is 2.80 bits per heavy atom. The number of pyridine rings is 1. The number of rotatable bonds is 2. The molecule has 2 aromatic rings. The van der Waals surface area contributed by atoms with Crippen LogP contribution in [0.3, 0.4) is 0 Å². The van der Waals surface area contributed by atoms with Crippen LogP contribution >= 0.6 is 0 Å². The molecule has 1 aliphatic carbocycles. The molecule has 0 spiro atoms. The summed E-state index contributed by atoms with van der Waals surface area (Å²) < 4.78 is 0. The molecule has 0 bridgehead atoms. The topological polar surface area (TPSA) is 68.9 Å². The summed E-state index contributed by atoms with van der Waals surface area (Å²) in [6.07, 6.45) is 2.01. The molecule has 1 heterocycles. The van der Waals surface area contributed by atoms with E-state index in [4.69, 9.17) is 0 Å². The Morgan fingerprint density at radius 1 is 1.40 bits per heavy atom. The molecule has 2 atom stereocenters. The van der Waals surface area contributed by atoms with Crippen LogP contribution in [0.25, 0.3) is 10.9 Å². The van der Waals surface area contributed by atoms with Crippen molar-refractivity contribution >= 4 is 16.6 Å². The molecule has 0 radical (unpaired) electrons. The maximum atomic E-state index is 9.85. The van der Waals surface area contributed by atoms with Crippen LogP contribution < -0.4 is 5.32 Å². The van der Waals surface area contributed by atoms with Crippen LogP contribution in [-0.4, -0.2) is 22.2 Å². The average molecular weight is 267 g/mol. The van der Waals surface area contributed by atoms with Crippen molar-refractivity contribution in [3.63, 3.8) is 0 Å². The number of aliphatic hydroxyl groups excluding tert-OH is 1. The van der Waals surface area contributed by atoms with Crippen LogP contribution in [0.5, 0.6) is 0 Å². The second-order valence-electron chi connectivity index (χ2n) is 5.95. The summed E-state index contributed by atoms with van der Waals surface area (Å²) >= 11 is 0. The van der Waals surface area contributed by atoms with Crippen molar-refractivity contribution in [3.8, 4) is 6.07 Å². The van der Waals surface area contributed by atoms with Crippen molar-refractivity contribution in [2.75, 3.05) is 5.32 Å². The number of nitrogens with one attached hydrogen (secondary N) is 1. The van der Waals surface area contributed by atoms with Crippen LogP contribution in [0.1, 0.15) is 25.8 Å². The Balaban J connectivity index is 2.05. The SMILES string of the molecule is CC1(C)C(O)CC1Nc1c(C#N)cnc2ccccc12. The zero-order valence-corrected chi connectivity index (χ0v) is 11.6. The predicted molar refractivity (Wildman–Crippen MR) is 78.3 cm³/mol. The first-order chi connectivity index (χ1) is 9.54. The summed E-state index contributed by atoms with van der Waals surface area (Å²) in [4.78, 5) is 4.30. The van der Waals surface area contributed by atoms with Gasteiger partial charge in [0, 0.05) is 23.0 Å². The number of anilines is 1. The number of hydrogen-bond acceptors (Lipinski definition) is 4. The quantitative estimate of drug-likeness (QED) is 0.877. The number of aromatic nitrogens is 1. The molecule has 0 amide bonds. The van der Waals surface area contributed by atoms with E-state index in [-0.39, 0.29) is 17.6 Å². The molecule has 2 N–H and O–H groups in total. The van der Waals surface area contributed by atoms with Crippen molar-refractivity contribution in [1.29, 1.82) is 5.26 Å². The summed E-state index contributed by atoms with van der Waals surface area (Å²) in [6, 6.07) is 10.1. The summed E-state index contributed by atoms with van der Waals surface area (Å²) in [7, 11) is 0. The molecule has 1 aromatic carbocycles. The molecule has 1 aliphatic rings. The highest BCUT2D eigenvalue weighted by Crippen LogP contribution is 2.43. The molecular formula is C16H17N3O. The number of fused-ring (bicyclic) bond motifs is 1. The minimum Gasteiger partial charge on any atom is -0.392 e. The monoisotopic (exact) mass is 267 g/mol. The number of benzene rings is 1. The van der Waals surface area contributed by atoms with E-state index in [1.165, 1.54) is 0 Å². The minimum absolute atomic E-state index is 0.162. The highest BCUT2D eigenvalue weighted by Gasteiger charge is 2.47. The number of hydrogen-bond donors (Lipinski definition) is 2. The highest BCUT2D eigenvalue weighted by atomic mass is 16.3. The van der Waals surface area contributed by atoms with Crippen LogP contribution in [0.15, 0.2) is 30.5 Å². The first-order valence-electron chi connectivity index (χ1n) is 6.76.